The van der Waals surface area contributed by atoms with Crippen LogP contribution in [0.25, 0.3) is 0 Å². The lowest BCUT2D eigenvalue weighted by molar-refractivity contribution is -0.143. The molecule has 0 aromatic carbocycles. The van der Waals surface area contributed by atoms with Gasteiger partial charge in [-0.1, -0.05) is 0 Å². The zero-order chi connectivity index (χ0) is 9.40. The van der Waals surface area contributed by atoms with Crippen molar-refractivity contribution in [3.8, 4) is 0 Å². The van der Waals surface area contributed by atoms with Crippen molar-refractivity contribution in [2.45, 2.75) is 32.6 Å². The molecular formula is C8H15NO3. The largest absolute Gasteiger partial charge is 0.466 e. The number of esters is 1. The molecule has 4 heteroatoms. The highest BCUT2D eigenvalue weighted by molar-refractivity contribution is 5.73. The summed E-state index contributed by atoms with van der Waals surface area (Å²) in [5.74, 6) is -0.527. The lowest BCUT2D eigenvalue weighted by Crippen LogP contribution is -2.10. The molecule has 0 aromatic heterocycles. The predicted molar refractivity (Wildman–Crippen MR) is 44.3 cm³/mol. The van der Waals surface area contributed by atoms with Gasteiger partial charge in [-0.2, -0.15) is 0 Å². The first-order valence-electron chi connectivity index (χ1n) is 4.10. The third-order valence-electron chi connectivity index (χ3n) is 1.36. The molecule has 2 N–H and O–H groups in total. The van der Waals surface area contributed by atoms with Gasteiger partial charge in [0.15, 0.2) is 0 Å². The number of unbranched alkanes of at least 4 members (excludes halogenated alkanes) is 1. The molecule has 0 aliphatic heterocycles. The Labute approximate surface area is 72.1 Å². The van der Waals surface area contributed by atoms with Crippen LogP contribution in [0.3, 0.4) is 0 Å². The minimum absolute atomic E-state index is 0.207. The third kappa shape index (κ3) is 7.05. The van der Waals surface area contributed by atoms with Crippen LogP contribution in [-0.2, 0) is 14.3 Å². The van der Waals surface area contributed by atoms with Gasteiger partial charge < -0.3 is 10.5 Å². The van der Waals surface area contributed by atoms with E-state index in [0.29, 0.717) is 32.3 Å². The highest BCUT2D eigenvalue weighted by atomic mass is 16.5. The maximum absolute atomic E-state index is 10.7. The van der Waals surface area contributed by atoms with E-state index in [1.807, 2.05) is 0 Å². The molecule has 0 unspecified atom stereocenters. The summed E-state index contributed by atoms with van der Waals surface area (Å²) in [5.41, 5.74) is 4.91. The van der Waals surface area contributed by atoms with Crippen molar-refractivity contribution in [1.29, 1.82) is 0 Å². The summed E-state index contributed by atoms with van der Waals surface area (Å²) in [4.78, 5) is 21.0. The van der Waals surface area contributed by atoms with E-state index < -0.39 is 0 Å². The topological polar surface area (TPSA) is 69.4 Å². The Bertz CT molecular complexity index is 156. The fourth-order valence-electron chi connectivity index (χ4n) is 0.802. The average Bonchev–Trinajstić information content (AvgIpc) is 1.98. The van der Waals surface area contributed by atoms with Crippen molar-refractivity contribution in [2.24, 2.45) is 5.73 Å². The van der Waals surface area contributed by atoms with Crippen LogP contribution in [0.1, 0.15) is 32.6 Å². The van der Waals surface area contributed by atoms with Crippen LogP contribution in [0.4, 0.5) is 0 Å². The zero-order valence-electron chi connectivity index (χ0n) is 7.34. The van der Waals surface area contributed by atoms with Crippen LogP contribution in [0.15, 0.2) is 0 Å². The highest BCUT2D eigenvalue weighted by Gasteiger charge is 2.01. The van der Waals surface area contributed by atoms with Crippen LogP contribution in [0.5, 0.6) is 0 Å². The Balaban J connectivity index is 3.19. The van der Waals surface area contributed by atoms with Crippen LogP contribution in [0, 0.1) is 0 Å². The van der Waals surface area contributed by atoms with Gasteiger partial charge in [-0.3, -0.25) is 9.59 Å². The average molecular weight is 173 g/mol. The number of primary amides is 1. The highest BCUT2D eigenvalue weighted by Crippen LogP contribution is 2.00. The molecule has 0 aliphatic carbocycles. The number of hydrogen-bond acceptors (Lipinski definition) is 3. The summed E-state index contributed by atoms with van der Waals surface area (Å²) in [6.07, 6.45) is 2.05. The van der Waals surface area contributed by atoms with Crippen LogP contribution >= 0.6 is 0 Å². The molecule has 0 aliphatic rings. The normalized spacial score (nSPS) is 9.42. The molecule has 0 atom stereocenters. The fourth-order valence-corrected chi connectivity index (χ4v) is 0.802. The standard InChI is InChI=1S/C8H15NO3/c1-2-12-8(11)6-4-3-5-7(9)10/h2-6H2,1H3,(H2,9,10). The number of nitrogens with two attached hydrogens (primary N) is 1. The zero-order valence-corrected chi connectivity index (χ0v) is 7.34. The fraction of sp³-hybridized carbons (Fsp3) is 0.750. The van der Waals surface area contributed by atoms with E-state index >= 15 is 0 Å². The lowest BCUT2D eigenvalue weighted by atomic mass is 10.2. The Morgan fingerprint density at radius 1 is 1.25 bits per heavy atom. The maximum Gasteiger partial charge on any atom is 0.305 e. The van der Waals surface area contributed by atoms with Gasteiger partial charge in [-0.25, -0.2) is 0 Å². The molecule has 0 fully saturated rings. The second-order valence-corrected chi connectivity index (χ2v) is 2.48. The molecule has 0 aromatic rings. The van der Waals surface area contributed by atoms with E-state index in [9.17, 15) is 9.59 Å². The molecular weight excluding hydrogens is 158 g/mol. The van der Waals surface area contributed by atoms with Gasteiger partial charge in [0.05, 0.1) is 6.61 Å². The molecule has 12 heavy (non-hydrogen) atoms. The van der Waals surface area contributed by atoms with Crippen LogP contribution < -0.4 is 5.73 Å². The van der Waals surface area contributed by atoms with Gasteiger partial charge in [-0.05, 0) is 19.8 Å². The van der Waals surface area contributed by atoms with Gasteiger partial charge in [0, 0.05) is 12.8 Å². The van der Waals surface area contributed by atoms with Gasteiger partial charge in [0.25, 0.3) is 0 Å². The smallest absolute Gasteiger partial charge is 0.305 e. The van der Waals surface area contributed by atoms with Crippen molar-refractivity contribution >= 4 is 11.9 Å². The van der Waals surface area contributed by atoms with Crippen molar-refractivity contribution in [3.63, 3.8) is 0 Å². The Morgan fingerprint density at radius 3 is 2.33 bits per heavy atom. The summed E-state index contributed by atoms with van der Waals surface area (Å²) in [5, 5.41) is 0. The summed E-state index contributed by atoms with van der Waals surface area (Å²) >= 11 is 0. The van der Waals surface area contributed by atoms with Crippen molar-refractivity contribution < 1.29 is 14.3 Å². The van der Waals surface area contributed by atoms with E-state index in [2.05, 4.69) is 0 Å². The minimum Gasteiger partial charge on any atom is -0.466 e. The lowest BCUT2D eigenvalue weighted by Gasteiger charge is -1.99. The van der Waals surface area contributed by atoms with Gasteiger partial charge in [0.2, 0.25) is 5.91 Å². The Kier molecular flexibility index (Phi) is 6.05. The summed E-state index contributed by atoms with van der Waals surface area (Å²) in [7, 11) is 0. The Hall–Kier alpha value is -1.06. The summed E-state index contributed by atoms with van der Waals surface area (Å²) in [6.45, 7) is 2.18. The number of carbonyl (C=O) groups is 2. The summed E-state index contributed by atoms with van der Waals surface area (Å²) in [6, 6.07) is 0. The molecule has 1 amide bonds. The molecule has 0 rings (SSSR count). The monoisotopic (exact) mass is 173 g/mol. The molecule has 0 heterocycles. The van der Waals surface area contributed by atoms with Gasteiger partial charge in [0.1, 0.15) is 0 Å². The number of ether oxygens (including phenoxy) is 1. The quantitative estimate of drug-likeness (QED) is 0.472. The molecule has 4 nitrogen and oxygen atoms in total. The maximum atomic E-state index is 10.7. The van der Waals surface area contributed by atoms with Crippen molar-refractivity contribution in [2.75, 3.05) is 6.61 Å². The van der Waals surface area contributed by atoms with E-state index in [1.54, 1.807) is 6.92 Å². The van der Waals surface area contributed by atoms with Gasteiger partial charge in [-0.15, -0.1) is 0 Å². The molecule has 0 saturated carbocycles. The van der Waals surface area contributed by atoms with Crippen LogP contribution in [-0.4, -0.2) is 18.5 Å². The molecule has 70 valence electrons. The summed E-state index contributed by atoms with van der Waals surface area (Å²) < 4.78 is 4.69. The second-order valence-electron chi connectivity index (χ2n) is 2.48. The van der Waals surface area contributed by atoms with Crippen LogP contribution in [0.2, 0.25) is 0 Å². The second kappa shape index (κ2) is 6.64. The molecule has 0 bridgehead atoms. The van der Waals surface area contributed by atoms with E-state index in [0.717, 1.165) is 0 Å². The minimum atomic E-state index is -0.321. The number of hydrogen-bond donors (Lipinski definition) is 1. The number of amides is 1. The molecule has 0 saturated heterocycles. The van der Waals surface area contributed by atoms with E-state index in [1.165, 1.54) is 0 Å². The van der Waals surface area contributed by atoms with Crippen molar-refractivity contribution in [1.82, 2.24) is 0 Å². The van der Waals surface area contributed by atoms with E-state index in [-0.39, 0.29) is 11.9 Å². The first-order valence-corrected chi connectivity index (χ1v) is 4.10. The first-order chi connectivity index (χ1) is 5.66. The SMILES string of the molecule is CCOC(=O)CCCCC(N)=O. The first kappa shape index (κ1) is 10.9. The molecule has 0 spiro atoms. The number of rotatable bonds is 6. The third-order valence-corrected chi connectivity index (χ3v) is 1.36. The van der Waals surface area contributed by atoms with Crippen molar-refractivity contribution in [3.05, 3.63) is 0 Å². The number of carbonyl (C=O) groups excluding carboxylic acids is 2. The molecule has 0 radical (unpaired) electrons. The Morgan fingerprint density at radius 2 is 1.83 bits per heavy atom. The van der Waals surface area contributed by atoms with Gasteiger partial charge >= 0.3 is 5.97 Å². The predicted octanol–water partition coefficient (Wildman–Crippen LogP) is 0.595. The van der Waals surface area contributed by atoms with E-state index in [4.69, 9.17) is 10.5 Å².